The Labute approximate surface area is 96.8 Å². The van der Waals surface area contributed by atoms with E-state index in [1.165, 1.54) is 38.5 Å². The first-order valence-corrected chi connectivity index (χ1v) is 6.73. The molecule has 89 valence electrons. The van der Waals surface area contributed by atoms with Crippen LogP contribution in [0.25, 0.3) is 0 Å². The molecule has 0 aromatic rings. The molecule has 0 nitrogen and oxygen atoms in total. The fraction of sp³-hybridized carbons (Fsp3) is 0.933. The fourth-order valence-electron chi connectivity index (χ4n) is 2.63. The van der Waals surface area contributed by atoms with Gasteiger partial charge in [0.25, 0.3) is 0 Å². The summed E-state index contributed by atoms with van der Waals surface area (Å²) in [7, 11) is 0. The Kier molecular flexibility index (Phi) is 4.67. The molecule has 1 rings (SSSR count). The predicted molar refractivity (Wildman–Crippen MR) is 68.7 cm³/mol. The van der Waals surface area contributed by atoms with Crippen molar-refractivity contribution < 1.29 is 0 Å². The summed E-state index contributed by atoms with van der Waals surface area (Å²) in [6, 6.07) is 0. The van der Waals surface area contributed by atoms with Gasteiger partial charge in [-0.15, -0.1) is 0 Å². The third-order valence-electron chi connectivity index (χ3n) is 3.99. The van der Waals surface area contributed by atoms with Gasteiger partial charge < -0.3 is 0 Å². The standard InChI is InChI=1S/C15H29/c1-12(2)6-7-13-8-10-14(11-9-13)15(3,4)5/h12,14H,6-11H2,1-5H3. The van der Waals surface area contributed by atoms with Crippen molar-refractivity contribution in [2.24, 2.45) is 17.3 Å². The smallest absolute Gasteiger partial charge is 0.0241 e. The van der Waals surface area contributed by atoms with Gasteiger partial charge in [0.05, 0.1) is 0 Å². The van der Waals surface area contributed by atoms with E-state index in [1.54, 1.807) is 0 Å². The third-order valence-corrected chi connectivity index (χ3v) is 3.99. The van der Waals surface area contributed by atoms with Crippen LogP contribution in [0.15, 0.2) is 0 Å². The average Bonchev–Trinajstić information content (AvgIpc) is 2.14. The topological polar surface area (TPSA) is 0 Å². The molecule has 0 N–H and O–H groups in total. The highest BCUT2D eigenvalue weighted by atomic mass is 14.3. The molecule has 0 unspecified atom stereocenters. The van der Waals surface area contributed by atoms with Crippen molar-refractivity contribution in [1.82, 2.24) is 0 Å². The summed E-state index contributed by atoms with van der Waals surface area (Å²) in [4.78, 5) is 0. The summed E-state index contributed by atoms with van der Waals surface area (Å²) in [5.41, 5.74) is 0.531. The maximum absolute atomic E-state index is 2.40. The number of hydrogen-bond donors (Lipinski definition) is 0. The van der Waals surface area contributed by atoms with E-state index in [0.29, 0.717) is 5.41 Å². The van der Waals surface area contributed by atoms with Crippen molar-refractivity contribution in [2.45, 2.75) is 73.1 Å². The van der Waals surface area contributed by atoms with E-state index >= 15 is 0 Å². The lowest BCUT2D eigenvalue weighted by Crippen LogP contribution is -2.25. The highest BCUT2D eigenvalue weighted by molar-refractivity contribution is 4.96. The molecule has 0 spiro atoms. The molecule has 0 heteroatoms. The van der Waals surface area contributed by atoms with E-state index < -0.39 is 0 Å². The summed E-state index contributed by atoms with van der Waals surface area (Å²) >= 11 is 0. The van der Waals surface area contributed by atoms with Crippen LogP contribution in [0.5, 0.6) is 0 Å². The Morgan fingerprint density at radius 1 is 1.13 bits per heavy atom. The molecule has 1 saturated carbocycles. The predicted octanol–water partition coefficient (Wildman–Crippen LogP) is 5.23. The van der Waals surface area contributed by atoms with E-state index in [9.17, 15) is 0 Å². The van der Waals surface area contributed by atoms with Gasteiger partial charge in [0.1, 0.15) is 0 Å². The van der Waals surface area contributed by atoms with Crippen LogP contribution < -0.4 is 0 Å². The summed E-state index contributed by atoms with van der Waals surface area (Å²) < 4.78 is 0. The van der Waals surface area contributed by atoms with Gasteiger partial charge in [-0.2, -0.15) is 0 Å². The minimum Gasteiger partial charge on any atom is -0.0628 e. The molecule has 0 amide bonds. The van der Waals surface area contributed by atoms with Crippen molar-refractivity contribution in [3.8, 4) is 0 Å². The summed E-state index contributed by atoms with van der Waals surface area (Å²) in [5.74, 6) is 3.68. The van der Waals surface area contributed by atoms with Gasteiger partial charge >= 0.3 is 0 Å². The number of rotatable bonds is 3. The monoisotopic (exact) mass is 209 g/mol. The molecular formula is C15H29. The highest BCUT2D eigenvalue weighted by Crippen LogP contribution is 2.41. The molecule has 0 heterocycles. The van der Waals surface area contributed by atoms with Gasteiger partial charge in [0.2, 0.25) is 0 Å². The van der Waals surface area contributed by atoms with Gasteiger partial charge in [-0.25, -0.2) is 0 Å². The minimum atomic E-state index is 0.531. The first kappa shape index (κ1) is 13.1. The van der Waals surface area contributed by atoms with E-state index in [1.807, 2.05) is 5.92 Å². The van der Waals surface area contributed by atoms with Gasteiger partial charge in [-0.3, -0.25) is 0 Å². The molecule has 0 saturated heterocycles. The lowest BCUT2D eigenvalue weighted by atomic mass is 9.69. The van der Waals surface area contributed by atoms with Crippen molar-refractivity contribution >= 4 is 0 Å². The Morgan fingerprint density at radius 2 is 1.67 bits per heavy atom. The van der Waals surface area contributed by atoms with E-state index in [2.05, 4.69) is 34.6 Å². The van der Waals surface area contributed by atoms with Crippen molar-refractivity contribution in [2.75, 3.05) is 0 Å². The second-order valence-electron chi connectivity index (χ2n) is 6.82. The zero-order valence-corrected chi connectivity index (χ0v) is 11.4. The Morgan fingerprint density at radius 3 is 2.07 bits per heavy atom. The first-order chi connectivity index (χ1) is 6.89. The maximum atomic E-state index is 2.40. The lowest BCUT2D eigenvalue weighted by Gasteiger charge is -2.37. The molecule has 0 bridgehead atoms. The van der Waals surface area contributed by atoms with E-state index in [4.69, 9.17) is 0 Å². The normalized spacial score (nSPS) is 21.2. The quantitative estimate of drug-likeness (QED) is 0.597. The van der Waals surface area contributed by atoms with Gasteiger partial charge in [-0.05, 0) is 55.3 Å². The van der Waals surface area contributed by atoms with Crippen LogP contribution in [0.1, 0.15) is 73.1 Å². The first-order valence-electron chi connectivity index (χ1n) is 6.73. The number of hydrogen-bond acceptors (Lipinski definition) is 0. The van der Waals surface area contributed by atoms with E-state index in [-0.39, 0.29) is 0 Å². The molecule has 1 aliphatic carbocycles. The van der Waals surface area contributed by atoms with Crippen LogP contribution in [0.2, 0.25) is 0 Å². The van der Waals surface area contributed by atoms with Crippen LogP contribution in [-0.4, -0.2) is 0 Å². The second-order valence-corrected chi connectivity index (χ2v) is 6.82. The Balaban J connectivity index is 2.24. The van der Waals surface area contributed by atoms with Gasteiger partial charge in [-0.1, -0.05) is 41.0 Å². The molecule has 0 atom stereocenters. The summed E-state index contributed by atoms with van der Waals surface area (Å²) in [5, 5.41) is 0. The van der Waals surface area contributed by atoms with Crippen LogP contribution in [-0.2, 0) is 0 Å². The molecule has 0 aromatic carbocycles. The van der Waals surface area contributed by atoms with Crippen molar-refractivity contribution in [3.05, 3.63) is 5.92 Å². The molecule has 1 aliphatic rings. The lowest BCUT2D eigenvalue weighted by molar-refractivity contribution is 0.184. The molecule has 0 aromatic heterocycles. The van der Waals surface area contributed by atoms with Crippen molar-refractivity contribution in [3.63, 3.8) is 0 Å². The van der Waals surface area contributed by atoms with Gasteiger partial charge in [0, 0.05) is 0 Å². The highest BCUT2D eigenvalue weighted by Gasteiger charge is 2.29. The third kappa shape index (κ3) is 4.57. The summed E-state index contributed by atoms with van der Waals surface area (Å²) in [6.07, 6.45) is 8.50. The Hall–Kier alpha value is 0. The second kappa shape index (κ2) is 5.37. The van der Waals surface area contributed by atoms with Crippen LogP contribution in [0, 0.1) is 23.2 Å². The molecule has 1 radical (unpaired) electrons. The fourth-order valence-corrected chi connectivity index (χ4v) is 2.63. The van der Waals surface area contributed by atoms with Crippen LogP contribution >= 0.6 is 0 Å². The maximum Gasteiger partial charge on any atom is -0.0241 e. The van der Waals surface area contributed by atoms with E-state index in [0.717, 1.165) is 11.8 Å². The van der Waals surface area contributed by atoms with Gasteiger partial charge in [0.15, 0.2) is 0 Å². The minimum absolute atomic E-state index is 0.531. The van der Waals surface area contributed by atoms with Crippen molar-refractivity contribution in [1.29, 1.82) is 0 Å². The Bertz CT molecular complexity index is 165. The van der Waals surface area contributed by atoms with Crippen LogP contribution in [0.4, 0.5) is 0 Å². The SMILES string of the molecule is CC(C)CC[C]1CCC(C(C)(C)C)CC1. The zero-order valence-electron chi connectivity index (χ0n) is 11.4. The molecule has 0 aliphatic heterocycles. The largest absolute Gasteiger partial charge is 0.0628 e. The molecular weight excluding hydrogens is 180 g/mol. The molecule has 15 heavy (non-hydrogen) atoms. The average molecular weight is 209 g/mol. The molecule has 1 fully saturated rings. The zero-order chi connectivity index (χ0) is 11.5. The van der Waals surface area contributed by atoms with Crippen LogP contribution in [0.3, 0.4) is 0 Å². The summed E-state index contributed by atoms with van der Waals surface area (Å²) in [6.45, 7) is 11.9.